The van der Waals surface area contributed by atoms with Crippen LogP contribution in [0, 0.1) is 0 Å². The largest absolute Gasteiger partial charge is 0.293 e. The van der Waals surface area contributed by atoms with Crippen molar-refractivity contribution in [1.29, 1.82) is 0 Å². The van der Waals surface area contributed by atoms with Gasteiger partial charge in [-0.3, -0.25) is 10.2 Å². The standard InChI is InChI=1S/C9H10N2O/c1-8(12)7-10-11-9-5-3-2-4-6-9/h2-7,11H,1H3/b10-7+. The van der Waals surface area contributed by atoms with Gasteiger partial charge in [0.1, 0.15) is 0 Å². The van der Waals surface area contributed by atoms with E-state index >= 15 is 0 Å². The van der Waals surface area contributed by atoms with E-state index < -0.39 is 0 Å². The van der Waals surface area contributed by atoms with Gasteiger partial charge in [-0.15, -0.1) is 0 Å². The van der Waals surface area contributed by atoms with Gasteiger partial charge in [-0.25, -0.2) is 0 Å². The van der Waals surface area contributed by atoms with Crippen molar-refractivity contribution >= 4 is 17.7 Å². The van der Waals surface area contributed by atoms with E-state index in [0.717, 1.165) is 5.69 Å². The molecule has 0 unspecified atom stereocenters. The first-order chi connectivity index (χ1) is 5.79. The van der Waals surface area contributed by atoms with Crippen LogP contribution in [0.1, 0.15) is 6.92 Å². The number of ketones is 1. The summed E-state index contributed by atoms with van der Waals surface area (Å²) < 4.78 is 0. The SMILES string of the molecule is CC(=O)/C=N/Nc1ccccc1. The number of nitrogens with zero attached hydrogens (tertiary/aromatic N) is 1. The van der Waals surface area contributed by atoms with E-state index in [2.05, 4.69) is 10.5 Å². The summed E-state index contributed by atoms with van der Waals surface area (Å²) in [6.45, 7) is 1.45. The lowest BCUT2D eigenvalue weighted by Crippen LogP contribution is -1.94. The number of carbonyl (C=O) groups excluding carboxylic acids is 1. The summed E-state index contributed by atoms with van der Waals surface area (Å²) in [5.74, 6) is -0.0709. The lowest BCUT2D eigenvalue weighted by molar-refractivity contribution is -0.110. The molecule has 62 valence electrons. The van der Waals surface area contributed by atoms with Crippen LogP contribution in [0.15, 0.2) is 35.4 Å². The highest BCUT2D eigenvalue weighted by molar-refractivity contribution is 6.26. The van der Waals surface area contributed by atoms with Crippen LogP contribution in [0.3, 0.4) is 0 Å². The second-order valence-corrected chi connectivity index (χ2v) is 2.35. The molecule has 0 heterocycles. The van der Waals surface area contributed by atoms with Crippen LogP contribution in [-0.2, 0) is 4.79 Å². The average molecular weight is 162 g/mol. The number of Topliss-reactive ketones (excluding diaryl/α,β-unsaturated/α-hetero) is 1. The summed E-state index contributed by atoms with van der Waals surface area (Å²) in [6, 6.07) is 9.45. The van der Waals surface area contributed by atoms with Gasteiger partial charge in [-0.2, -0.15) is 5.10 Å². The van der Waals surface area contributed by atoms with Gasteiger partial charge in [0.25, 0.3) is 0 Å². The molecule has 0 bridgehead atoms. The fourth-order valence-corrected chi connectivity index (χ4v) is 0.710. The van der Waals surface area contributed by atoms with Crippen LogP contribution in [-0.4, -0.2) is 12.0 Å². The maximum atomic E-state index is 10.4. The van der Waals surface area contributed by atoms with Crippen molar-refractivity contribution in [3.63, 3.8) is 0 Å². The minimum Gasteiger partial charge on any atom is -0.293 e. The minimum atomic E-state index is -0.0709. The molecule has 0 saturated carbocycles. The molecule has 3 heteroatoms. The molecule has 1 aromatic rings. The number of benzene rings is 1. The summed E-state index contributed by atoms with van der Waals surface area (Å²) in [6.07, 6.45) is 1.24. The number of carbonyl (C=O) groups is 1. The number of rotatable bonds is 3. The first kappa shape index (κ1) is 8.46. The predicted molar refractivity (Wildman–Crippen MR) is 49.2 cm³/mol. The molecule has 0 aliphatic rings. The van der Waals surface area contributed by atoms with E-state index in [9.17, 15) is 4.79 Å². The Morgan fingerprint density at radius 3 is 2.67 bits per heavy atom. The molecule has 0 aliphatic carbocycles. The summed E-state index contributed by atoms with van der Waals surface area (Å²) in [5, 5.41) is 3.72. The highest BCUT2D eigenvalue weighted by Crippen LogP contribution is 2.03. The van der Waals surface area contributed by atoms with Gasteiger partial charge in [0.15, 0.2) is 5.78 Å². The number of anilines is 1. The summed E-state index contributed by atoms with van der Waals surface area (Å²) in [4.78, 5) is 10.4. The fourth-order valence-electron chi connectivity index (χ4n) is 0.710. The molecule has 0 fully saturated rings. The van der Waals surface area contributed by atoms with E-state index in [4.69, 9.17) is 0 Å². The molecule has 0 amide bonds. The highest BCUT2D eigenvalue weighted by atomic mass is 16.1. The first-order valence-electron chi connectivity index (χ1n) is 3.64. The zero-order valence-corrected chi connectivity index (χ0v) is 6.82. The Morgan fingerprint density at radius 2 is 2.08 bits per heavy atom. The zero-order valence-electron chi connectivity index (χ0n) is 6.82. The molecule has 1 aromatic carbocycles. The Hall–Kier alpha value is -1.64. The molecule has 1 rings (SSSR count). The van der Waals surface area contributed by atoms with Gasteiger partial charge >= 0.3 is 0 Å². The zero-order chi connectivity index (χ0) is 8.81. The van der Waals surface area contributed by atoms with Crippen LogP contribution < -0.4 is 5.43 Å². The molecule has 3 nitrogen and oxygen atoms in total. The Kier molecular flexibility index (Phi) is 3.02. The van der Waals surface area contributed by atoms with Crippen molar-refractivity contribution in [1.82, 2.24) is 0 Å². The second-order valence-electron chi connectivity index (χ2n) is 2.35. The number of hydrazone groups is 1. The minimum absolute atomic E-state index is 0.0709. The normalized spacial score (nSPS) is 10.1. The monoisotopic (exact) mass is 162 g/mol. The van der Waals surface area contributed by atoms with Gasteiger partial charge < -0.3 is 0 Å². The number of nitrogens with one attached hydrogen (secondary N) is 1. The Balaban J connectivity index is 2.49. The van der Waals surface area contributed by atoms with Crippen LogP contribution in [0.25, 0.3) is 0 Å². The van der Waals surface area contributed by atoms with Crippen molar-refractivity contribution in [3.8, 4) is 0 Å². The van der Waals surface area contributed by atoms with Crippen molar-refractivity contribution in [2.24, 2.45) is 5.10 Å². The van der Waals surface area contributed by atoms with Crippen LogP contribution >= 0.6 is 0 Å². The van der Waals surface area contributed by atoms with Crippen LogP contribution in [0.4, 0.5) is 5.69 Å². The topological polar surface area (TPSA) is 41.5 Å². The molecule has 0 aliphatic heterocycles. The molecular formula is C9H10N2O. The number of para-hydroxylation sites is 1. The van der Waals surface area contributed by atoms with E-state index in [1.54, 1.807) is 0 Å². The lowest BCUT2D eigenvalue weighted by atomic mass is 10.3. The highest BCUT2D eigenvalue weighted by Gasteiger charge is 1.85. The molecule has 0 radical (unpaired) electrons. The van der Waals surface area contributed by atoms with E-state index in [-0.39, 0.29) is 5.78 Å². The molecular weight excluding hydrogens is 152 g/mol. The molecule has 1 N–H and O–H groups in total. The lowest BCUT2D eigenvalue weighted by Gasteiger charge is -1.96. The Morgan fingerprint density at radius 1 is 1.42 bits per heavy atom. The third-order valence-corrected chi connectivity index (χ3v) is 1.21. The molecule has 0 aromatic heterocycles. The van der Waals surface area contributed by atoms with E-state index in [1.807, 2.05) is 30.3 Å². The second kappa shape index (κ2) is 4.28. The van der Waals surface area contributed by atoms with Crippen molar-refractivity contribution in [3.05, 3.63) is 30.3 Å². The van der Waals surface area contributed by atoms with Crippen LogP contribution in [0.2, 0.25) is 0 Å². The third-order valence-electron chi connectivity index (χ3n) is 1.21. The average Bonchev–Trinajstić information content (AvgIpc) is 2.05. The smallest absolute Gasteiger partial charge is 0.172 e. The van der Waals surface area contributed by atoms with E-state index in [1.165, 1.54) is 13.1 Å². The first-order valence-corrected chi connectivity index (χ1v) is 3.64. The number of hydrogen-bond donors (Lipinski definition) is 1. The van der Waals surface area contributed by atoms with Gasteiger partial charge in [0.2, 0.25) is 0 Å². The molecule has 0 spiro atoms. The van der Waals surface area contributed by atoms with Crippen molar-refractivity contribution < 1.29 is 4.79 Å². The molecule has 12 heavy (non-hydrogen) atoms. The summed E-state index contributed by atoms with van der Waals surface area (Å²) >= 11 is 0. The predicted octanol–water partition coefficient (Wildman–Crippen LogP) is 1.67. The molecule has 0 saturated heterocycles. The summed E-state index contributed by atoms with van der Waals surface area (Å²) in [5.41, 5.74) is 3.59. The van der Waals surface area contributed by atoms with E-state index in [0.29, 0.717) is 0 Å². The van der Waals surface area contributed by atoms with Crippen LogP contribution in [0.5, 0.6) is 0 Å². The van der Waals surface area contributed by atoms with Gasteiger partial charge in [-0.1, -0.05) is 18.2 Å². The maximum Gasteiger partial charge on any atom is 0.172 e. The van der Waals surface area contributed by atoms with Gasteiger partial charge in [-0.05, 0) is 12.1 Å². The molecule has 0 atom stereocenters. The van der Waals surface area contributed by atoms with Crippen molar-refractivity contribution in [2.45, 2.75) is 6.92 Å². The maximum absolute atomic E-state index is 10.4. The third kappa shape index (κ3) is 2.96. The fraction of sp³-hybridized carbons (Fsp3) is 0.111. The summed E-state index contributed by atoms with van der Waals surface area (Å²) in [7, 11) is 0. The Labute approximate surface area is 71.1 Å². The number of hydrogen-bond acceptors (Lipinski definition) is 3. The Bertz CT molecular complexity index is 280. The van der Waals surface area contributed by atoms with Gasteiger partial charge in [0.05, 0.1) is 11.9 Å². The quantitative estimate of drug-likeness (QED) is 0.542. The van der Waals surface area contributed by atoms with Crippen molar-refractivity contribution in [2.75, 3.05) is 5.43 Å². The van der Waals surface area contributed by atoms with Gasteiger partial charge in [0, 0.05) is 6.92 Å².